The molecule has 2 aromatic rings. The minimum atomic E-state index is -0.143. The van der Waals surface area contributed by atoms with Crippen LogP contribution in [0.5, 0.6) is 0 Å². The molecular formula is C14H15N3O. The van der Waals surface area contributed by atoms with E-state index in [9.17, 15) is 4.79 Å². The first-order valence-corrected chi connectivity index (χ1v) is 5.90. The van der Waals surface area contributed by atoms with Gasteiger partial charge in [0.25, 0.3) is 5.91 Å². The third-order valence-electron chi connectivity index (χ3n) is 2.60. The lowest BCUT2D eigenvalue weighted by molar-refractivity contribution is 0.102. The lowest BCUT2D eigenvalue weighted by Gasteiger charge is -2.08. The number of rotatable bonds is 3. The van der Waals surface area contributed by atoms with Gasteiger partial charge in [-0.05, 0) is 31.5 Å². The Labute approximate surface area is 106 Å². The number of anilines is 1. The van der Waals surface area contributed by atoms with Crippen molar-refractivity contribution in [2.24, 2.45) is 0 Å². The molecule has 1 N–H and O–H groups in total. The summed E-state index contributed by atoms with van der Waals surface area (Å²) in [4.78, 5) is 12.2. The predicted octanol–water partition coefficient (Wildman–Crippen LogP) is 2.60. The van der Waals surface area contributed by atoms with Gasteiger partial charge in [-0.25, -0.2) is 0 Å². The molecule has 1 aromatic carbocycles. The smallest absolute Gasteiger partial charge is 0.257 e. The van der Waals surface area contributed by atoms with Gasteiger partial charge in [-0.1, -0.05) is 25.1 Å². The topological polar surface area (TPSA) is 54.9 Å². The van der Waals surface area contributed by atoms with Gasteiger partial charge >= 0.3 is 0 Å². The molecule has 1 aromatic heterocycles. The van der Waals surface area contributed by atoms with Gasteiger partial charge in [0, 0.05) is 5.69 Å². The molecular weight excluding hydrogens is 226 g/mol. The van der Waals surface area contributed by atoms with Gasteiger partial charge < -0.3 is 5.32 Å². The van der Waals surface area contributed by atoms with Crippen LogP contribution in [0.15, 0.2) is 36.4 Å². The van der Waals surface area contributed by atoms with Crippen molar-refractivity contribution in [2.75, 3.05) is 5.32 Å². The molecule has 0 spiro atoms. The van der Waals surface area contributed by atoms with E-state index in [-0.39, 0.29) is 5.91 Å². The summed E-state index contributed by atoms with van der Waals surface area (Å²) in [5.41, 5.74) is 2.83. The summed E-state index contributed by atoms with van der Waals surface area (Å²) < 4.78 is 0. The van der Waals surface area contributed by atoms with E-state index < -0.39 is 0 Å². The van der Waals surface area contributed by atoms with E-state index in [0.29, 0.717) is 17.7 Å². The van der Waals surface area contributed by atoms with Gasteiger partial charge in [-0.3, -0.25) is 4.79 Å². The molecule has 0 saturated carbocycles. The summed E-state index contributed by atoms with van der Waals surface area (Å²) in [5.74, 6) is -0.143. The maximum atomic E-state index is 12.2. The van der Waals surface area contributed by atoms with Crippen molar-refractivity contribution in [3.8, 4) is 0 Å². The van der Waals surface area contributed by atoms with E-state index in [1.54, 1.807) is 6.07 Å². The van der Waals surface area contributed by atoms with Gasteiger partial charge in [0.15, 0.2) is 0 Å². The molecule has 0 aliphatic rings. The van der Waals surface area contributed by atoms with Crippen LogP contribution in [0.25, 0.3) is 0 Å². The van der Waals surface area contributed by atoms with E-state index in [4.69, 9.17) is 0 Å². The molecule has 1 amide bonds. The molecule has 4 nitrogen and oxygen atoms in total. The highest BCUT2D eigenvalue weighted by molar-refractivity contribution is 6.05. The quantitative estimate of drug-likeness (QED) is 0.898. The van der Waals surface area contributed by atoms with Crippen LogP contribution in [-0.4, -0.2) is 16.1 Å². The number of aromatic nitrogens is 2. The van der Waals surface area contributed by atoms with Crippen LogP contribution in [0.1, 0.15) is 28.7 Å². The Bertz CT molecular complexity index is 552. The van der Waals surface area contributed by atoms with E-state index in [1.165, 1.54) is 0 Å². The monoisotopic (exact) mass is 241 g/mol. The standard InChI is InChI=1S/C14H15N3O/c1-3-13-12(9-10(2)16-17-13)14(18)15-11-7-5-4-6-8-11/h4-9H,3H2,1-2H3,(H,15,18). The Kier molecular flexibility index (Phi) is 3.67. The fourth-order valence-corrected chi connectivity index (χ4v) is 1.69. The minimum absolute atomic E-state index is 0.143. The molecule has 0 atom stereocenters. The minimum Gasteiger partial charge on any atom is -0.322 e. The van der Waals surface area contributed by atoms with Crippen molar-refractivity contribution in [3.05, 3.63) is 53.3 Å². The van der Waals surface area contributed by atoms with Crippen LogP contribution in [0, 0.1) is 6.92 Å². The second-order valence-electron chi connectivity index (χ2n) is 4.02. The Morgan fingerprint density at radius 2 is 1.94 bits per heavy atom. The number of carbonyl (C=O) groups is 1. The molecule has 2 rings (SSSR count). The molecule has 0 aliphatic heterocycles. The lowest BCUT2D eigenvalue weighted by atomic mass is 10.1. The van der Waals surface area contributed by atoms with Crippen LogP contribution in [-0.2, 0) is 6.42 Å². The maximum absolute atomic E-state index is 12.2. The number of hydrogen-bond donors (Lipinski definition) is 1. The molecule has 18 heavy (non-hydrogen) atoms. The molecule has 1 heterocycles. The zero-order valence-electron chi connectivity index (χ0n) is 10.5. The molecule has 0 saturated heterocycles. The van der Waals surface area contributed by atoms with Crippen LogP contribution >= 0.6 is 0 Å². The third kappa shape index (κ3) is 2.71. The van der Waals surface area contributed by atoms with Gasteiger partial charge in [-0.2, -0.15) is 10.2 Å². The fourth-order valence-electron chi connectivity index (χ4n) is 1.69. The number of nitrogens with zero attached hydrogens (tertiary/aromatic N) is 2. The summed E-state index contributed by atoms with van der Waals surface area (Å²) in [7, 11) is 0. The van der Waals surface area contributed by atoms with Crippen LogP contribution < -0.4 is 5.32 Å². The number of hydrogen-bond acceptors (Lipinski definition) is 3. The van der Waals surface area contributed by atoms with E-state index in [1.807, 2.05) is 44.2 Å². The fraction of sp³-hybridized carbons (Fsp3) is 0.214. The van der Waals surface area contributed by atoms with Crippen LogP contribution in [0.4, 0.5) is 5.69 Å². The number of aryl methyl sites for hydroxylation is 2. The third-order valence-corrected chi connectivity index (χ3v) is 2.60. The van der Waals surface area contributed by atoms with Crippen LogP contribution in [0.3, 0.4) is 0 Å². The second kappa shape index (κ2) is 5.40. The maximum Gasteiger partial charge on any atom is 0.257 e. The summed E-state index contributed by atoms with van der Waals surface area (Å²) in [5, 5.41) is 10.9. The van der Waals surface area contributed by atoms with Gasteiger partial charge in [-0.15, -0.1) is 0 Å². The summed E-state index contributed by atoms with van der Waals surface area (Å²) in [6.45, 7) is 3.78. The van der Waals surface area contributed by atoms with E-state index in [2.05, 4.69) is 15.5 Å². The number of carbonyl (C=O) groups excluding carboxylic acids is 1. The Morgan fingerprint density at radius 3 is 2.61 bits per heavy atom. The first kappa shape index (κ1) is 12.2. The van der Waals surface area contributed by atoms with Crippen molar-refractivity contribution < 1.29 is 4.79 Å². The number of amides is 1. The van der Waals surface area contributed by atoms with Crippen molar-refractivity contribution in [3.63, 3.8) is 0 Å². The molecule has 4 heteroatoms. The van der Waals surface area contributed by atoms with Crippen molar-refractivity contribution in [1.82, 2.24) is 10.2 Å². The number of benzene rings is 1. The molecule has 0 radical (unpaired) electrons. The summed E-state index contributed by atoms with van der Waals surface area (Å²) >= 11 is 0. The molecule has 92 valence electrons. The van der Waals surface area contributed by atoms with Crippen LogP contribution in [0.2, 0.25) is 0 Å². The normalized spacial score (nSPS) is 10.1. The first-order chi connectivity index (χ1) is 8.70. The number of nitrogens with one attached hydrogen (secondary N) is 1. The molecule has 0 fully saturated rings. The largest absolute Gasteiger partial charge is 0.322 e. The Hall–Kier alpha value is -2.23. The Morgan fingerprint density at radius 1 is 1.22 bits per heavy atom. The van der Waals surface area contributed by atoms with Gasteiger partial charge in [0.05, 0.1) is 17.0 Å². The first-order valence-electron chi connectivity index (χ1n) is 5.90. The highest BCUT2D eigenvalue weighted by atomic mass is 16.1. The van der Waals surface area contributed by atoms with E-state index >= 15 is 0 Å². The second-order valence-corrected chi connectivity index (χ2v) is 4.02. The van der Waals surface area contributed by atoms with Crippen molar-refractivity contribution in [2.45, 2.75) is 20.3 Å². The SMILES string of the molecule is CCc1nnc(C)cc1C(=O)Nc1ccccc1. The molecule has 0 unspecified atom stereocenters. The van der Waals surface area contributed by atoms with Gasteiger partial charge in [0.2, 0.25) is 0 Å². The molecule has 0 bridgehead atoms. The lowest BCUT2D eigenvalue weighted by Crippen LogP contribution is -2.16. The zero-order valence-corrected chi connectivity index (χ0v) is 10.5. The van der Waals surface area contributed by atoms with Crippen molar-refractivity contribution in [1.29, 1.82) is 0 Å². The average molecular weight is 241 g/mol. The Balaban J connectivity index is 2.26. The van der Waals surface area contributed by atoms with Gasteiger partial charge in [0.1, 0.15) is 0 Å². The average Bonchev–Trinajstić information content (AvgIpc) is 2.40. The predicted molar refractivity (Wildman–Crippen MR) is 70.5 cm³/mol. The highest BCUT2D eigenvalue weighted by Crippen LogP contribution is 2.12. The van der Waals surface area contributed by atoms with Crippen molar-refractivity contribution >= 4 is 11.6 Å². The van der Waals surface area contributed by atoms with E-state index in [0.717, 1.165) is 11.4 Å². The highest BCUT2D eigenvalue weighted by Gasteiger charge is 2.12. The number of para-hydroxylation sites is 1. The zero-order chi connectivity index (χ0) is 13.0. The summed E-state index contributed by atoms with van der Waals surface area (Å²) in [6, 6.07) is 11.1. The summed E-state index contributed by atoms with van der Waals surface area (Å²) in [6.07, 6.45) is 0.685. The molecule has 0 aliphatic carbocycles.